The van der Waals surface area contributed by atoms with E-state index in [0.717, 1.165) is 31.7 Å². The molecule has 2 nitrogen and oxygen atoms in total. The summed E-state index contributed by atoms with van der Waals surface area (Å²) < 4.78 is 5.66. The predicted molar refractivity (Wildman–Crippen MR) is 45.9 cm³/mol. The standard InChI is InChI=1S/C10H16O2/c11-7-8-4-5-12-10(6-8)9-2-1-3-9/h7-10H,1-6H2/t8-,10+/m0/s1. The van der Waals surface area contributed by atoms with Crippen LogP contribution in [0, 0.1) is 11.8 Å². The third kappa shape index (κ3) is 1.53. The van der Waals surface area contributed by atoms with Gasteiger partial charge in [0.2, 0.25) is 0 Å². The molecule has 2 fully saturated rings. The van der Waals surface area contributed by atoms with Crippen molar-refractivity contribution in [3.05, 3.63) is 0 Å². The van der Waals surface area contributed by atoms with Gasteiger partial charge in [0.1, 0.15) is 6.29 Å². The number of hydrogen-bond acceptors (Lipinski definition) is 2. The normalized spacial score (nSPS) is 37.3. The minimum absolute atomic E-state index is 0.282. The quantitative estimate of drug-likeness (QED) is 0.587. The van der Waals surface area contributed by atoms with Crippen LogP contribution in [0.5, 0.6) is 0 Å². The van der Waals surface area contributed by atoms with Crippen molar-refractivity contribution >= 4 is 6.29 Å². The van der Waals surface area contributed by atoms with Crippen LogP contribution in [-0.4, -0.2) is 19.0 Å². The summed E-state index contributed by atoms with van der Waals surface area (Å²) in [6.45, 7) is 0.796. The monoisotopic (exact) mass is 168 g/mol. The van der Waals surface area contributed by atoms with Gasteiger partial charge in [0, 0.05) is 12.5 Å². The van der Waals surface area contributed by atoms with E-state index in [4.69, 9.17) is 4.74 Å². The molecule has 12 heavy (non-hydrogen) atoms. The largest absolute Gasteiger partial charge is 0.378 e. The van der Waals surface area contributed by atoms with Crippen molar-refractivity contribution < 1.29 is 9.53 Å². The number of ether oxygens (including phenoxy) is 1. The van der Waals surface area contributed by atoms with Gasteiger partial charge >= 0.3 is 0 Å². The van der Waals surface area contributed by atoms with E-state index in [1.165, 1.54) is 19.3 Å². The molecule has 1 saturated carbocycles. The van der Waals surface area contributed by atoms with E-state index in [1.807, 2.05) is 0 Å². The summed E-state index contributed by atoms with van der Waals surface area (Å²) in [5.41, 5.74) is 0. The number of carbonyl (C=O) groups is 1. The molecule has 2 aliphatic rings. The Hall–Kier alpha value is -0.370. The zero-order chi connectivity index (χ0) is 8.39. The molecule has 0 aromatic heterocycles. The zero-order valence-electron chi connectivity index (χ0n) is 7.37. The van der Waals surface area contributed by atoms with Gasteiger partial charge in [-0.25, -0.2) is 0 Å². The maximum Gasteiger partial charge on any atom is 0.123 e. The topological polar surface area (TPSA) is 26.3 Å². The van der Waals surface area contributed by atoms with Crippen LogP contribution in [0.3, 0.4) is 0 Å². The lowest BCUT2D eigenvalue weighted by atomic mass is 9.77. The summed E-state index contributed by atoms with van der Waals surface area (Å²) in [4.78, 5) is 10.6. The Morgan fingerprint density at radius 1 is 1.25 bits per heavy atom. The van der Waals surface area contributed by atoms with E-state index in [2.05, 4.69) is 0 Å². The molecule has 2 rings (SSSR count). The second-order valence-electron chi connectivity index (χ2n) is 4.02. The molecule has 0 unspecified atom stereocenters. The smallest absolute Gasteiger partial charge is 0.123 e. The first-order chi connectivity index (χ1) is 5.90. The fourth-order valence-corrected chi connectivity index (χ4v) is 2.12. The first-order valence-corrected chi connectivity index (χ1v) is 4.97. The molecular weight excluding hydrogens is 152 g/mol. The third-order valence-corrected chi connectivity index (χ3v) is 3.22. The molecule has 0 amide bonds. The number of rotatable bonds is 2. The molecule has 1 saturated heterocycles. The molecule has 0 spiro atoms. The highest BCUT2D eigenvalue weighted by molar-refractivity contribution is 5.53. The second kappa shape index (κ2) is 3.56. The van der Waals surface area contributed by atoms with Gasteiger partial charge in [0.25, 0.3) is 0 Å². The Morgan fingerprint density at radius 2 is 2.08 bits per heavy atom. The molecule has 1 aliphatic heterocycles. The van der Waals surface area contributed by atoms with Crippen molar-refractivity contribution in [2.45, 2.75) is 38.2 Å². The van der Waals surface area contributed by atoms with Crippen LogP contribution in [0.25, 0.3) is 0 Å². The van der Waals surface area contributed by atoms with Gasteiger partial charge in [0.05, 0.1) is 6.10 Å². The summed E-state index contributed by atoms with van der Waals surface area (Å²) in [6.07, 6.45) is 7.42. The van der Waals surface area contributed by atoms with Crippen molar-refractivity contribution in [2.24, 2.45) is 11.8 Å². The summed E-state index contributed by atoms with van der Waals surface area (Å²) in [6, 6.07) is 0. The van der Waals surface area contributed by atoms with Gasteiger partial charge in [-0.2, -0.15) is 0 Å². The highest BCUT2D eigenvalue weighted by Crippen LogP contribution is 2.36. The molecule has 2 atom stereocenters. The highest BCUT2D eigenvalue weighted by atomic mass is 16.5. The first-order valence-electron chi connectivity index (χ1n) is 4.97. The van der Waals surface area contributed by atoms with E-state index >= 15 is 0 Å². The van der Waals surface area contributed by atoms with Gasteiger partial charge in [-0.1, -0.05) is 6.42 Å². The SMILES string of the molecule is O=C[C@H]1CCO[C@@H](C2CCC2)C1. The average Bonchev–Trinajstić information content (AvgIpc) is 2.02. The third-order valence-electron chi connectivity index (χ3n) is 3.22. The lowest BCUT2D eigenvalue weighted by Crippen LogP contribution is -2.35. The number of carbonyl (C=O) groups excluding carboxylic acids is 1. The summed E-state index contributed by atoms with van der Waals surface area (Å²) >= 11 is 0. The van der Waals surface area contributed by atoms with Crippen molar-refractivity contribution in [3.8, 4) is 0 Å². The minimum Gasteiger partial charge on any atom is -0.378 e. The zero-order valence-corrected chi connectivity index (χ0v) is 7.37. The Bertz CT molecular complexity index is 163. The van der Waals surface area contributed by atoms with Crippen molar-refractivity contribution in [2.75, 3.05) is 6.61 Å². The van der Waals surface area contributed by atoms with Crippen LogP contribution >= 0.6 is 0 Å². The molecular formula is C10H16O2. The predicted octanol–water partition coefficient (Wildman–Crippen LogP) is 1.78. The Balaban J connectivity index is 1.84. The Morgan fingerprint density at radius 3 is 2.67 bits per heavy atom. The van der Waals surface area contributed by atoms with Gasteiger partial charge in [0.15, 0.2) is 0 Å². The maximum atomic E-state index is 10.6. The molecule has 0 aromatic carbocycles. The fourth-order valence-electron chi connectivity index (χ4n) is 2.12. The van der Waals surface area contributed by atoms with Crippen LogP contribution in [-0.2, 0) is 9.53 Å². The number of hydrogen-bond donors (Lipinski definition) is 0. The lowest BCUT2D eigenvalue weighted by molar-refractivity contribution is -0.119. The Kier molecular flexibility index (Phi) is 2.45. The summed E-state index contributed by atoms with van der Waals surface area (Å²) in [5, 5.41) is 0. The van der Waals surface area contributed by atoms with Gasteiger partial charge in [-0.05, 0) is 31.6 Å². The van der Waals surface area contributed by atoms with Crippen molar-refractivity contribution in [1.82, 2.24) is 0 Å². The Labute approximate surface area is 73.3 Å². The second-order valence-corrected chi connectivity index (χ2v) is 4.02. The van der Waals surface area contributed by atoms with Crippen molar-refractivity contribution in [3.63, 3.8) is 0 Å². The first kappa shape index (κ1) is 8.24. The molecule has 0 aromatic rings. The molecule has 1 aliphatic carbocycles. The van der Waals surface area contributed by atoms with Gasteiger partial charge < -0.3 is 9.53 Å². The lowest BCUT2D eigenvalue weighted by Gasteiger charge is -2.37. The van der Waals surface area contributed by atoms with E-state index in [-0.39, 0.29) is 5.92 Å². The maximum absolute atomic E-state index is 10.6. The van der Waals surface area contributed by atoms with Crippen LogP contribution in [0.1, 0.15) is 32.1 Å². The highest BCUT2D eigenvalue weighted by Gasteiger charge is 2.32. The average molecular weight is 168 g/mol. The van der Waals surface area contributed by atoms with E-state index < -0.39 is 0 Å². The van der Waals surface area contributed by atoms with Crippen LogP contribution < -0.4 is 0 Å². The van der Waals surface area contributed by atoms with E-state index in [1.54, 1.807) is 0 Å². The van der Waals surface area contributed by atoms with Crippen LogP contribution in [0.2, 0.25) is 0 Å². The van der Waals surface area contributed by atoms with Gasteiger partial charge in [-0.3, -0.25) is 0 Å². The number of aldehydes is 1. The summed E-state index contributed by atoms with van der Waals surface area (Å²) in [5.74, 6) is 1.05. The molecule has 1 heterocycles. The molecule has 0 N–H and O–H groups in total. The molecule has 2 heteroatoms. The molecule has 0 radical (unpaired) electrons. The minimum atomic E-state index is 0.282. The van der Waals surface area contributed by atoms with Crippen LogP contribution in [0.15, 0.2) is 0 Å². The van der Waals surface area contributed by atoms with E-state index in [0.29, 0.717) is 6.10 Å². The fraction of sp³-hybridized carbons (Fsp3) is 0.900. The molecule has 0 bridgehead atoms. The van der Waals surface area contributed by atoms with Crippen molar-refractivity contribution in [1.29, 1.82) is 0 Å². The molecule has 68 valence electrons. The van der Waals surface area contributed by atoms with Gasteiger partial charge in [-0.15, -0.1) is 0 Å². The summed E-state index contributed by atoms with van der Waals surface area (Å²) in [7, 11) is 0. The van der Waals surface area contributed by atoms with E-state index in [9.17, 15) is 4.79 Å². The van der Waals surface area contributed by atoms with Crippen LogP contribution in [0.4, 0.5) is 0 Å².